The van der Waals surface area contributed by atoms with Crippen LogP contribution < -0.4 is 10.5 Å². The lowest BCUT2D eigenvalue weighted by Crippen LogP contribution is -2.51. The van der Waals surface area contributed by atoms with Gasteiger partial charge in [-0.15, -0.1) is 0 Å². The quantitative estimate of drug-likeness (QED) is 0.369. The van der Waals surface area contributed by atoms with Gasteiger partial charge in [0.2, 0.25) is 5.91 Å². The van der Waals surface area contributed by atoms with Gasteiger partial charge in [-0.1, -0.05) is 60.7 Å². The van der Waals surface area contributed by atoms with Gasteiger partial charge in [-0.25, -0.2) is 8.78 Å². The Morgan fingerprint density at radius 3 is 2.21 bits per heavy atom. The van der Waals surface area contributed by atoms with Crippen LogP contribution >= 0.6 is 0 Å². The molecule has 1 fully saturated rings. The summed E-state index contributed by atoms with van der Waals surface area (Å²) in [7, 11) is 2.18. The number of rotatable bonds is 9. The Kier molecular flexibility index (Phi) is 6.98. The van der Waals surface area contributed by atoms with E-state index in [1.807, 2.05) is 60.7 Å². The number of likely N-dealkylation sites (tertiary alicyclic amines) is 1. The highest BCUT2D eigenvalue weighted by Gasteiger charge is 2.53. The van der Waals surface area contributed by atoms with Gasteiger partial charge in [0.15, 0.2) is 11.6 Å². The van der Waals surface area contributed by atoms with Crippen LogP contribution in [0.4, 0.5) is 8.78 Å². The molecule has 6 heteroatoms. The summed E-state index contributed by atoms with van der Waals surface area (Å²) in [6, 6.07) is 23.0. The Balaban J connectivity index is 1.51. The fraction of sp³-hybridized carbons (Fsp3) is 0.321. The third kappa shape index (κ3) is 4.68. The Morgan fingerprint density at radius 1 is 1.03 bits per heavy atom. The molecule has 2 N–H and O–H groups in total. The summed E-state index contributed by atoms with van der Waals surface area (Å²) < 4.78 is 33.2. The number of ether oxygens (including phenoxy) is 1. The molecular formula is C28H31F2N2O2+. The number of hydrogen-bond acceptors (Lipinski definition) is 2. The zero-order chi connectivity index (χ0) is 24.2. The van der Waals surface area contributed by atoms with Crippen molar-refractivity contribution in [3.63, 3.8) is 0 Å². The first-order valence-electron chi connectivity index (χ1n) is 11.7. The Labute approximate surface area is 199 Å². The molecule has 3 aromatic rings. The van der Waals surface area contributed by atoms with Crippen LogP contribution in [0.15, 0.2) is 78.9 Å². The molecule has 3 aromatic carbocycles. The second-order valence-electron chi connectivity index (χ2n) is 9.42. The Bertz CT molecular complexity index is 1080. The maximum atomic E-state index is 13.8. The molecule has 0 spiro atoms. The highest BCUT2D eigenvalue weighted by atomic mass is 19.1. The molecule has 2 atom stereocenters. The minimum atomic E-state index is -0.910. The average Bonchev–Trinajstić information content (AvgIpc) is 3.22. The van der Waals surface area contributed by atoms with Crippen LogP contribution in [0.1, 0.15) is 24.0 Å². The largest absolute Gasteiger partial charge is 0.490 e. The minimum Gasteiger partial charge on any atom is -0.490 e. The van der Waals surface area contributed by atoms with E-state index in [0.29, 0.717) is 13.0 Å². The van der Waals surface area contributed by atoms with Crippen molar-refractivity contribution in [2.24, 2.45) is 11.7 Å². The summed E-state index contributed by atoms with van der Waals surface area (Å²) in [5.74, 6) is -1.56. The molecule has 4 nitrogen and oxygen atoms in total. The molecule has 0 aliphatic carbocycles. The van der Waals surface area contributed by atoms with Crippen LogP contribution in [0.25, 0.3) is 0 Å². The van der Waals surface area contributed by atoms with Gasteiger partial charge in [0.25, 0.3) is 0 Å². The van der Waals surface area contributed by atoms with Crippen LogP contribution in [0.3, 0.4) is 0 Å². The van der Waals surface area contributed by atoms with E-state index in [0.717, 1.165) is 47.7 Å². The normalized spacial score (nSPS) is 20.3. The maximum absolute atomic E-state index is 13.8. The first-order chi connectivity index (χ1) is 16.3. The average molecular weight is 466 g/mol. The number of quaternary nitrogens is 1. The van der Waals surface area contributed by atoms with E-state index in [-0.39, 0.29) is 17.6 Å². The van der Waals surface area contributed by atoms with E-state index in [1.54, 1.807) is 0 Å². The van der Waals surface area contributed by atoms with E-state index in [4.69, 9.17) is 10.5 Å². The van der Waals surface area contributed by atoms with Crippen molar-refractivity contribution in [3.05, 3.63) is 102 Å². The lowest BCUT2D eigenvalue weighted by atomic mass is 9.64. The third-order valence-electron chi connectivity index (χ3n) is 7.13. The molecule has 4 rings (SSSR count). The minimum absolute atomic E-state index is 0.0373. The molecule has 1 aliphatic heterocycles. The predicted octanol–water partition coefficient (Wildman–Crippen LogP) is 4.67. The van der Waals surface area contributed by atoms with Crippen molar-refractivity contribution in [2.45, 2.75) is 18.3 Å². The summed E-state index contributed by atoms with van der Waals surface area (Å²) in [5.41, 5.74) is 7.11. The Morgan fingerprint density at radius 2 is 1.65 bits per heavy atom. The second-order valence-corrected chi connectivity index (χ2v) is 9.42. The van der Waals surface area contributed by atoms with Gasteiger partial charge < -0.3 is 15.0 Å². The molecule has 0 saturated carbocycles. The number of carbonyl (C=O) groups is 1. The number of primary amides is 1. The highest BCUT2D eigenvalue weighted by molar-refractivity contribution is 5.91. The zero-order valence-corrected chi connectivity index (χ0v) is 19.4. The number of benzene rings is 3. The van der Waals surface area contributed by atoms with E-state index >= 15 is 0 Å². The van der Waals surface area contributed by atoms with Crippen molar-refractivity contribution >= 4 is 5.91 Å². The zero-order valence-electron chi connectivity index (χ0n) is 19.4. The number of nitrogens with zero attached hydrogens (tertiary/aromatic N) is 1. The van der Waals surface area contributed by atoms with E-state index < -0.39 is 17.0 Å². The van der Waals surface area contributed by atoms with Crippen LogP contribution in [0, 0.1) is 17.6 Å². The van der Waals surface area contributed by atoms with E-state index in [1.165, 1.54) is 12.1 Å². The summed E-state index contributed by atoms with van der Waals surface area (Å²) in [5, 5.41) is 0. The topological polar surface area (TPSA) is 52.3 Å². The van der Waals surface area contributed by atoms with Gasteiger partial charge in [-0.2, -0.15) is 0 Å². The van der Waals surface area contributed by atoms with Gasteiger partial charge in [0, 0.05) is 24.8 Å². The monoisotopic (exact) mass is 465 g/mol. The van der Waals surface area contributed by atoms with E-state index in [2.05, 4.69) is 7.05 Å². The van der Waals surface area contributed by atoms with Crippen LogP contribution in [-0.2, 0) is 10.2 Å². The lowest BCUT2D eigenvalue weighted by Gasteiger charge is -2.38. The molecule has 178 valence electrons. The van der Waals surface area contributed by atoms with Crippen molar-refractivity contribution < 1.29 is 22.8 Å². The predicted molar refractivity (Wildman–Crippen MR) is 128 cm³/mol. The SMILES string of the molecule is C[N+]1(CCCOc2ccc(F)cc2F)CCC(C(C(N)=O)(c2ccccc2)c2ccccc2)C1. The fourth-order valence-electron chi connectivity index (χ4n) is 5.49. The van der Waals surface area contributed by atoms with Gasteiger partial charge in [-0.05, 0) is 23.3 Å². The number of nitrogens with two attached hydrogens (primary N) is 1. The van der Waals surface area contributed by atoms with Crippen LogP contribution in [0.2, 0.25) is 0 Å². The molecule has 1 saturated heterocycles. The smallest absolute Gasteiger partial charge is 0.233 e. The van der Waals surface area contributed by atoms with Crippen molar-refractivity contribution in [1.82, 2.24) is 0 Å². The molecule has 0 aromatic heterocycles. The summed E-state index contributed by atoms with van der Waals surface area (Å²) in [4.78, 5) is 13.2. The fourth-order valence-corrected chi connectivity index (χ4v) is 5.49. The molecule has 1 heterocycles. The number of halogens is 2. The molecule has 1 amide bonds. The maximum Gasteiger partial charge on any atom is 0.233 e. The molecule has 34 heavy (non-hydrogen) atoms. The molecule has 0 bridgehead atoms. The highest BCUT2D eigenvalue weighted by Crippen LogP contribution is 2.45. The molecule has 1 aliphatic rings. The van der Waals surface area contributed by atoms with Gasteiger partial charge >= 0.3 is 0 Å². The van der Waals surface area contributed by atoms with Crippen LogP contribution in [-0.4, -0.2) is 43.7 Å². The summed E-state index contributed by atoms with van der Waals surface area (Å²) >= 11 is 0. The molecule has 2 unspecified atom stereocenters. The third-order valence-corrected chi connectivity index (χ3v) is 7.13. The Hall–Kier alpha value is -3.25. The number of amides is 1. The number of carbonyl (C=O) groups excluding carboxylic acids is 1. The van der Waals surface area contributed by atoms with Crippen molar-refractivity contribution in [1.29, 1.82) is 0 Å². The standard InChI is InChI=1S/C28H30F2N2O2/c1-32(16-8-18-34-26-14-13-24(29)19-25(26)30)17-15-23(20-32)28(27(31)33,21-9-4-2-5-10-21)22-11-6-3-7-12-22/h2-7,9-14,19,23H,8,15-18,20H2,1H3,(H-,31,33)/p+1. The van der Waals surface area contributed by atoms with Crippen molar-refractivity contribution in [3.8, 4) is 5.75 Å². The lowest BCUT2D eigenvalue weighted by molar-refractivity contribution is -0.899. The summed E-state index contributed by atoms with van der Waals surface area (Å²) in [6.45, 7) is 2.85. The van der Waals surface area contributed by atoms with Crippen LogP contribution in [0.5, 0.6) is 5.75 Å². The first-order valence-corrected chi connectivity index (χ1v) is 11.7. The van der Waals surface area contributed by atoms with Gasteiger partial charge in [0.05, 0.1) is 33.3 Å². The molecular weight excluding hydrogens is 434 g/mol. The molecule has 0 radical (unpaired) electrons. The van der Waals surface area contributed by atoms with Gasteiger partial charge in [0.1, 0.15) is 11.2 Å². The first kappa shape index (κ1) is 23.9. The second kappa shape index (κ2) is 9.94. The van der Waals surface area contributed by atoms with Crippen molar-refractivity contribution in [2.75, 3.05) is 33.3 Å². The number of hydrogen-bond donors (Lipinski definition) is 1. The summed E-state index contributed by atoms with van der Waals surface area (Å²) in [6.07, 6.45) is 1.57. The van der Waals surface area contributed by atoms with Gasteiger partial charge in [-0.3, -0.25) is 4.79 Å². The van der Waals surface area contributed by atoms with E-state index in [9.17, 15) is 13.6 Å².